The molecule has 6 nitrogen and oxygen atoms in total. The number of benzene rings is 1. The number of amides is 1. The molecule has 1 rings (SSSR count). The zero-order valence-corrected chi connectivity index (χ0v) is 14.2. The van der Waals surface area contributed by atoms with Gasteiger partial charge in [0, 0.05) is 6.54 Å². The maximum absolute atomic E-state index is 12.1. The molecule has 0 aliphatic carbocycles. The summed E-state index contributed by atoms with van der Waals surface area (Å²) in [6, 6.07) is 10.1. The molecular formula is C17H27N3O3. The van der Waals surface area contributed by atoms with Gasteiger partial charge in [0.2, 0.25) is 5.91 Å². The predicted octanol–water partition coefficient (Wildman–Crippen LogP) is 1.20. The molecule has 23 heavy (non-hydrogen) atoms. The third-order valence-corrected chi connectivity index (χ3v) is 3.57. The van der Waals surface area contributed by atoms with Crippen LogP contribution >= 0.6 is 0 Å². The molecule has 1 atom stereocenters. The maximum Gasteiger partial charge on any atom is 0.317 e. The number of carboxylic acids is 1. The highest BCUT2D eigenvalue weighted by Crippen LogP contribution is 2.16. The van der Waals surface area contributed by atoms with Crippen molar-refractivity contribution >= 4 is 11.9 Å². The third kappa shape index (κ3) is 7.25. The van der Waals surface area contributed by atoms with Crippen LogP contribution in [0.15, 0.2) is 30.3 Å². The number of aliphatic carboxylic acids is 1. The summed E-state index contributed by atoms with van der Waals surface area (Å²) in [5.74, 6) is -1.07. The van der Waals surface area contributed by atoms with Crippen LogP contribution in [0.2, 0.25) is 0 Å². The van der Waals surface area contributed by atoms with Crippen LogP contribution in [-0.4, -0.2) is 67.1 Å². The van der Waals surface area contributed by atoms with Gasteiger partial charge in [0.05, 0.1) is 19.1 Å². The standard InChI is InChI=1S/C17H27N3O3/c1-4-10-20(13-17(22)23)12-16(21)18-11-15(19(2)3)14-8-6-5-7-9-14/h5-9,15H,4,10-13H2,1-3H3,(H,18,21)(H,22,23). The van der Waals surface area contributed by atoms with Crippen LogP contribution in [-0.2, 0) is 9.59 Å². The summed E-state index contributed by atoms with van der Waals surface area (Å²) in [4.78, 5) is 26.6. The number of carboxylic acid groups (broad SMARTS) is 1. The van der Waals surface area contributed by atoms with Gasteiger partial charge in [-0.3, -0.25) is 14.5 Å². The Morgan fingerprint density at radius 3 is 2.35 bits per heavy atom. The molecule has 1 unspecified atom stereocenters. The lowest BCUT2D eigenvalue weighted by Gasteiger charge is -2.26. The minimum atomic E-state index is -0.915. The van der Waals surface area contributed by atoms with Crippen molar-refractivity contribution in [2.75, 3.05) is 40.3 Å². The lowest BCUT2D eigenvalue weighted by molar-refractivity contribution is -0.138. The Hall–Kier alpha value is -1.92. The zero-order chi connectivity index (χ0) is 17.2. The molecule has 0 heterocycles. The molecule has 0 aliphatic rings. The van der Waals surface area contributed by atoms with E-state index in [1.807, 2.05) is 51.4 Å². The molecule has 0 saturated heterocycles. The Labute approximate surface area is 138 Å². The summed E-state index contributed by atoms with van der Waals surface area (Å²) in [5.41, 5.74) is 1.13. The summed E-state index contributed by atoms with van der Waals surface area (Å²) in [5, 5.41) is 11.8. The number of carbonyl (C=O) groups is 2. The third-order valence-electron chi connectivity index (χ3n) is 3.57. The number of nitrogens with zero attached hydrogens (tertiary/aromatic N) is 2. The molecule has 0 aliphatic heterocycles. The van der Waals surface area contributed by atoms with E-state index < -0.39 is 5.97 Å². The Balaban J connectivity index is 2.56. The minimum Gasteiger partial charge on any atom is -0.480 e. The first-order chi connectivity index (χ1) is 10.9. The second-order valence-corrected chi connectivity index (χ2v) is 5.80. The quantitative estimate of drug-likeness (QED) is 0.677. The van der Waals surface area contributed by atoms with Crippen LogP contribution in [0.1, 0.15) is 24.9 Å². The van der Waals surface area contributed by atoms with Crippen LogP contribution in [0.25, 0.3) is 0 Å². The van der Waals surface area contributed by atoms with Crippen LogP contribution < -0.4 is 5.32 Å². The molecule has 1 aromatic carbocycles. The molecule has 0 saturated carbocycles. The van der Waals surface area contributed by atoms with Crippen molar-refractivity contribution in [3.63, 3.8) is 0 Å². The number of hydrogen-bond acceptors (Lipinski definition) is 4. The van der Waals surface area contributed by atoms with Gasteiger partial charge in [0.1, 0.15) is 0 Å². The highest BCUT2D eigenvalue weighted by molar-refractivity contribution is 5.79. The number of hydrogen-bond donors (Lipinski definition) is 2. The van der Waals surface area contributed by atoms with Gasteiger partial charge in [-0.1, -0.05) is 37.3 Å². The van der Waals surface area contributed by atoms with Gasteiger partial charge in [-0.2, -0.15) is 0 Å². The van der Waals surface area contributed by atoms with Crippen molar-refractivity contribution in [3.8, 4) is 0 Å². The topological polar surface area (TPSA) is 72.9 Å². The van der Waals surface area contributed by atoms with Gasteiger partial charge in [0.15, 0.2) is 0 Å². The SMILES string of the molecule is CCCN(CC(=O)O)CC(=O)NCC(c1ccccc1)N(C)C. The molecule has 6 heteroatoms. The van der Waals surface area contributed by atoms with E-state index >= 15 is 0 Å². The normalized spacial score (nSPS) is 12.4. The Bertz CT molecular complexity index is 491. The zero-order valence-electron chi connectivity index (χ0n) is 14.2. The molecule has 0 radical (unpaired) electrons. The molecule has 2 N–H and O–H groups in total. The molecule has 0 fully saturated rings. The Morgan fingerprint density at radius 2 is 1.83 bits per heavy atom. The summed E-state index contributed by atoms with van der Waals surface area (Å²) < 4.78 is 0. The van der Waals surface area contributed by atoms with E-state index in [1.54, 1.807) is 4.90 Å². The number of rotatable bonds is 10. The number of carbonyl (C=O) groups excluding carboxylic acids is 1. The van der Waals surface area contributed by atoms with E-state index in [9.17, 15) is 9.59 Å². The molecule has 1 amide bonds. The van der Waals surface area contributed by atoms with Crippen molar-refractivity contribution in [1.82, 2.24) is 15.1 Å². The van der Waals surface area contributed by atoms with Crippen LogP contribution in [0.4, 0.5) is 0 Å². The van der Waals surface area contributed by atoms with Crippen molar-refractivity contribution < 1.29 is 14.7 Å². The van der Waals surface area contributed by atoms with E-state index in [0.717, 1.165) is 12.0 Å². The van der Waals surface area contributed by atoms with Crippen molar-refractivity contribution in [2.45, 2.75) is 19.4 Å². The lowest BCUT2D eigenvalue weighted by atomic mass is 10.1. The average molecular weight is 321 g/mol. The van der Waals surface area contributed by atoms with Crippen LogP contribution in [0.5, 0.6) is 0 Å². The Morgan fingerprint density at radius 1 is 1.17 bits per heavy atom. The van der Waals surface area contributed by atoms with E-state index in [2.05, 4.69) is 10.2 Å². The van der Waals surface area contributed by atoms with Crippen LogP contribution in [0, 0.1) is 0 Å². The molecule has 128 valence electrons. The van der Waals surface area contributed by atoms with Gasteiger partial charge in [-0.05, 0) is 32.6 Å². The van der Waals surface area contributed by atoms with Gasteiger partial charge in [-0.15, -0.1) is 0 Å². The van der Waals surface area contributed by atoms with Gasteiger partial charge in [0.25, 0.3) is 0 Å². The summed E-state index contributed by atoms with van der Waals surface area (Å²) in [6.07, 6.45) is 0.810. The fourth-order valence-electron chi connectivity index (χ4n) is 2.46. The van der Waals surface area contributed by atoms with Gasteiger partial charge < -0.3 is 15.3 Å². The lowest BCUT2D eigenvalue weighted by Crippen LogP contribution is -2.42. The fraction of sp³-hybridized carbons (Fsp3) is 0.529. The van der Waals surface area contributed by atoms with Gasteiger partial charge in [-0.25, -0.2) is 0 Å². The summed E-state index contributed by atoms with van der Waals surface area (Å²) in [6.45, 7) is 3.04. The molecule has 0 bridgehead atoms. The van der Waals surface area contributed by atoms with Crippen LogP contribution in [0.3, 0.4) is 0 Å². The first-order valence-electron chi connectivity index (χ1n) is 7.86. The number of likely N-dealkylation sites (N-methyl/N-ethyl adjacent to an activating group) is 1. The van der Waals surface area contributed by atoms with Crippen molar-refractivity contribution in [3.05, 3.63) is 35.9 Å². The smallest absolute Gasteiger partial charge is 0.317 e. The van der Waals surface area contributed by atoms with Crippen molar-refractivity contribution in [2.24, 2.45) is 0 Å². The minimum absolute atomic E-state index is 0.0826. The van der Waals surface area contributed by atoms with Crippen molar-refractivity contribution in [1.29, 1.82) is 0 Å². The molecule has 0 spiro atoms. The van der Waals surface area contributed by atoms with E-state index in [-0.39, 0.29) is 25.0 Å². The summed E-state index contributed by atoms with van der Waals surface area (Å²) >= 11 is 0. The molecular weight excluding hydrogens is 294 g/mol. The first kappa shape index (κ1) is 19.1. The van der Waals surface area contributed by atoms with Gasteiger partial charge >= 0.3 is 5.97 Å². The largest absolute Gasteiger partial charge is 0.480 e. The van der Waals surface area contributed by atoms with E-state index in [1.165, 1.54) is 0 Å². The number of nitrogens with one attached hydrogen (secondary N) is 1. The Kier molecular flexibility index (Phi) is 8.29. The first-order valence-corrected chi connectivity index (χ1v) is 7.86. The average Bonchev–Trinajstić information content (AvgIpc) is 2.47. The molecule has 0 aromatic heterocycles. The second-order valence-electron chi connectivity index (χ2n) is 5.80. The monoisotopic (exact) mass is 321 g/mol. The highest BCUT2D eigenvalue weighted by Gasteiger charge is 2.17. The predicted molar refractivity (Wildman–Crippen MR) is 90.2 cm³/mol. The fourth-order valence-corrected chi connectivity index (χ4v) is 2.46. The molecule has 1 aromatic rings. The van der Waals surface area contributed by atoms with E-state index in [4.69, 9.17) is 5.11 Å². The maximum atomic E-state index is 12.1. The summed E-state index contributed by atoms with van der Waals surface area (Å²) in [7, 11) is 3.94. The second kappa shape index (κ2) is 9.97. The highest BCUT2D eigenvalue weighted by atomic mass is 16.4. The van der Waals surface area contributed by atoms with E-state index in [0.29, 0.717) is 13.1 Å².